The van der Waals surface area contributed by atoms with E-state index in [9.17, 15) is 4.79 Å². The summed E-state index contributed by atoms with van der Waals surface area (Å²) < 4.78 is 0. The van der Waals surface area contributed by atoms with Crippen LogP contribution in [-0.4, -0.2) is 72.7 Å². The number of carbonyl (C=O) groups is 1. The molecule has 5 nitrogen and oxygen atoms in total. The van der Waals surface area contributed by atoms with Gasteiger partial charge >= 0.3 is 0 Å². The van der Waals surface area contributed by atoms with Crippen LogP contribution in [0, 0.1) is 0 Å². The van der Waals surface area contributed by atoms with Gasteiger partial charge in [-0.05, 0) is 13.5 Å². The quantitative estimate of drug-likeness (QED) is 0.643. The molecule has 1 saturated heterocycles. The molecule has 0 saturated carbocycles. The second kappa shape index (κ2) is 6.83. The van der Waals surface area contributed by atoms with E-state index < -0.39 is 0 Å². The van der Waals surface area contributed by atoms with Crippen LogP contribution in [0.3, 0.4) is 0 Å². The Morgan fingerprint density at radius 1 is 1.50 bits per heavy atom. The second-order valence-electron chi connectivity index (χ2n) is 4.10. The van der Waals surface area contributed by atoms with E-state index in [0.29, 0.717) is 6.54 Å². The van der Waals surface area contributed by atoms with E-state index in [1.807, 2.05) is 23.6 Å². The smallest absolute Gasteiger partial charge is 0.239 e. The number of aliphatic hydroxyl groups excluding tert-OH is 1. The average molecular weight is 229 g/mol. The molecule has 1 fully saturated rings. The highest BCUT2D eigenvalue weighted by Gasteiger charge is 2.25. The van der Waals surface area contributed by atoms with Crippen molar-refractivity contribution in [3.8, 4) is 0 Å². The molecule has 2 N–H and O–H groups in total. The third-order valence-electron chi connectivity index (χ3n) is 3.13. The third-order valence-corrected chi connectivity index (χ3v) is 3.13. The van der Waals surface area contributed by atoms with E-state index in [0.717, 1.165) is 32.7 Å². The summed E-state index contributed by atoms with van der Waals surface area (Å²) in [7, 11) is 0. The van der Waals surface area contributed by atoms with Gasteiger partial charge in [0, 0.05) is 32.7 Å². The number of hydrogen-bond acceptors (Lipinski definition) is 4. The minimum absolute atomic E-state index is 0.104. The number of amides is 1. The monoisotopic (exact) mass is 229 g/mol. The Hall–Kier alpha value is -0.650. The number of nitrogens with one attached hydrogen (secondary N) is 1. The van der Waals surface area contributed by atoms with Gasteiger partial charge in [-0.25, -0.2) is 0 Å². The molecule has 0 aromatic heterocycles. The fourth-order valence-electron chi connectivity index (χ4n) is 2.06. The molecular weight excluding hydrogens is 206 g/mol. The van der Waals surface area contributed by atoms with Crippen LogP contribution in [0.2, 0.25) is 0 Å². The molecule has 0 bridgehead atoms. The van der Waals surface area contributed by atoms with Crippen molar-refractivity contribution in [2.24, 2.45) is 0 Å². The topological polar surface area (TPSA) is 55.8 Å². The summed E-state index contributed by atoms with van der Waals surface area (Å²) in [4.78, 5) is 16.1. The van der Waals surface area contributed by atoms with Gasteiger partial charge in [0.15, 0.2) is 0 Å². The van der Waals surface area contributed by atoms with Crippen molar-refractivity contribution < 1.29 is 9.90 Å². The molecule has 1 amide bonds. The van der Waals surface area contributed by atoms with Crippen molar-refractivity contribution in [2.45, 2.75) is 19.9 Å². The predicted octanol–water partition coefficient (Wildman–Crippen LogP) is -0.879. The summed E-state index contributed by atoms with van der Waals surface area (Å²) >= 11 is 0. The SMILES string of the molecule is CCN(CCO)C(C)C(=O)N1CCNCC1. The van der Waals surface area contributed by atoms with Gasteiger partial charge in [-0.1, -0.05) is 6.92 Å². The first-order valence-corrected chi connectivity index (χ1v) is 6.05. The molecule has 1 unspecified atom stereocenters. The average Bonchev–Trinajstić information content (AvgIpc) is 2.35. The minimum Gasteiger partial charge on any atom is -0.395 e. The Bertz CT molecular complexity index is 217. The van der Waals surface area contributed by atoms with E-state index in [4.69, 9.17) is 5.11 Å². The van der Waals surface area contributed by atoms with Crippen LogP contribution < -0.4 is 5.32 Å². The molecule has 1 atom stereocenters. The van der Waals surface area contributed by atoms with Crippen LogP contribution in [0.1, 0.15) is 13.8 Å². The molecular formula is C11H23N3O2. The van der Waals surface area contributed by atoms with Crippen molar-refractivity contribution in [1.29, 1.82) is 0 Å². The van der Waals surface area contributed by atoms with Crippen LogP contribution in [0.5, 0.6) is 0 Å². The summed E-state index contributed by atoms with van der Waals surface area (Å²) in [6.45, 7) is 8.73. The lowest BCUT2D eigenvalue weighted by Crippen LogP contribution is -2.53. The van der Waals surface area contributed by atoms with Gasteiger partial charge in [-0.2, -0.15) is 0 Å². The Labute approximate surface area is 97.4 Å². The van der Waals surface area contributed by atoms with E-state index in [2.05, 4.69) is 5.32 Å². The molecule has 0 aliphatic carbocycles. The lowest BCUT2D eigenvalue weighted by atomic mass is 10.2. The number of carbonyl (C=O) groups excluding carboxylic acids is 1. The molecule has 5 heteroatoms. The van der Waals surface area contributed by atoms with Crippen LogP contribution in [0.25, 0.3) is 0 Å². The first-order valence-electron chi connectivity index (χ1n) is 6.05. The van der Waals surface area contributed by atoms with E-state index in [1.165, 1.54) is 0 Å². The van der Waals surface area contributed by atoms with Gasteiger partial charge in [0.2, 0.25) is 5.91 Å². The standard InChI is InChI=1S/C11H23N3O2/c1-3-13(8-9-15)10(2)11(16)14-6-4-12-5-7-14/h10,12,15H,3-9H2,1-2H3. The largest absolute Gasteiger partial charge is 0.395 e. The van der Waals surface area contributed by atoms with Crippen LogP contribution in [0.15, 0.2) is 0 Å². The summed E-state index contributed by atoms with van der Waals surface area (Å²) in [6, 6.07) is -0.129. The Morgan fingerprint density at radius 2 is 2.12 bits per heavy atom. The van der Waals surface area contributed by atoms with Crippen LogP contribution in [-0.2, 0) is 4.79 Å². The van der Waals surface area contributed by atoms with Crippen molar-refractivity contribution in [2.75, 3.05) is 45.9 Å². The Morgan fingerprint density at radius 3 is 2.62 bits per heavy atom. The van der Waals surface area contributed by atoms with E-state index in [1.54, 1.807) is 0 Å². The summed E-state index contributed by atoms with van der Waals surface area (Å²) in [6.07, 6.45) is 0. The highest BCUT2D eigenvalue weighted by molar-refractivity contribution is 5.81. The third kappa shape index (κ3) is 3.43. The van der Waals surface area contributed by atoms with Gasteiger partial charge < -0.3 is 15.3 Å². The van der Waals surface area contributed by atoms with Crippen molar-refractivity contribution in [3.05, 3.63) is 0 Å². The van der Waals surface area contributed by atoms with Gasteiger partial charge in [0.1, 0.15) is 0 Å². The maximum atomic E-state index is 12.1. The van der Waals surface area contributed by atoms with Crippen LogP contribution >= 0.6 is 0 Å². The highest BCUT2D eigenvalue weighted by Crippen LogP contribution is 2.04. The maximum Gasteiger partial charge on any atom is 0.239 e. The van der Waals surface area contributed by atoms with Gasteiger partial charge in [0.05, 0.1) is 12.6 Å². The number of rotatable bonds is 5. The number of aliphatic hydroxyl groups is 1. The molecule has 1 heterocycles. The van der Waals surface area contributed by atoms with Gasteiger partial charge in [0.25, 0.3) is 0 Å². The van der Waals surface area contributed by atoms with E-state index in [-0.39, 0.29) is 18.6 Å². The molecule has 0 aromatic rings. The van der Waals surface area contributed by atoms with Gasteiger partial charge in [-0.3, -0.25) is 9.69 Å². The first-order chi connectivity index (χ1) is 7.70. The zero-order chi connectivity index (χ0) is 12.0. The van der Waals surface area contributed by atoms with Crippen LogP contribution in [0.4, 0.5) is 0 Å². The van der Waals surface area contributed by atoms with Crippen molar-refractivity contribution in [3.63, 3.8) is 0 Å². The normalized spacial score (nSPS) is 18.9. The second-order valence-corrected chi connectivity index (χ2v) is 4.10. The first kappa shape index (κ1) is 13.4. The van der Waals surface area contributed by atoms with Crippen molar-refractivity contribution >= 4 is 5.91 Å². The van der Waals surface area contributed by atoms with E-state index >= 15 is 0 Å². The molecule has 1 aliphatic heterocycles. The Kier molecular flexibility index (Phi) is 5.73. The number of piperazine rings is 1. The maximum absolute atomic E-state index is 12.1. The molecule has 0 spiro atoms. The molecule has 0 radical (unpaired) electrons. The Balaban J connectivity index is 2.49. The molecule has 16 heavy (non-hydrogen) atoms. The van der Waals surface area contributed by atoms with Gasteiger partial charge in [-0.15, -0.1) is 0 Å². The lowest BCUT2D eigenvalue weighted by Gasteiger charge is -2.34. The fourth-order valence-corrected chi connectivity index (χ4v) is 2.06. The molecule has 0 aromatic carbocycles. The van der Waals surface area contributed by atoms with Crippen molar-refractivity contribution in [1.82, 2.24) is 15.1 Å². The molecule has 1 rings (SSSR count). The zero-order valence-electron chi connectivity index (χ0n) is 10.3. The minimum atomic E-state index is -0.129. The number of hydrogen-bond donors (Lipinski definition) is 2. The predicted molar refractivity (Wildman–Crippen MR) is 63.2 cm³/mol. The number of likely N-dealkylation sites (N-methyl/N-ethyl adjacent to an activating group) is 1. The fraction of sp³-hybridized carbons (Fsp3) is 0.909. The number of nitrogens with zero attached hydrogens (tertiary/aromatic N) is 2. The zero-order valence-corrected chi connectivity index (χ0v) is 10.3. The molecule has 94 valence electrons. The summed E-state index contributed by atoms with van der Waals surface area (Å²) in [5.41, 5.74) is 0. The summed E-state index contributed by atoms with van der Waals surface area (Å²) in [5.74, 6) is 0.178. The summed E-state index contributed by atoms with van der Waals surface area (Å²) in [5, 5.41) is 12.2. The molecule has 1 aliphatic rings. The highest BCUT2D eigenvalue weighted by atomic mass is 16.3. The lowest BCUT2D eigenvalue weighted by molar-refractivity contribution is -0.137.